The van der Waals surface area contributed by atoms with Gasteiger partial charge >= 0.3 is 5.97 Å². The Balaban J connectivity index is 0.000000243. The Hall–Kier alpha value is -1.94. The van der Waals surface area contributed by atoms with Crippen molar-refractivity contribution in [3.8, 4) is 0 Å². The number of hydrogen-bond acceptors (Lipinski definition) is 3. The molecule has 4 heteroatoms. The predicted molar refractivity (Wildman–Crippen MR) is 130 cm³/mol. The van der Waals surface area contributed by atoms with Crippen molar-refractivity contribution < 1.29 is 19.8 Å². The summed E-state index contributed by atoms with van der Waals surface area (Å²) in [5.41, 5.74) is 2.53. The zero-order chi connectivity index (χ0) is 23.8. The maximum Gasteiger partial charge on any atom is 0.335 e. The van der Waals surface area contributed by atoms with Crippen molar-refractivity contribution in [1.29, 1.82) is 0 Å². The number of carboxylic acids is 1. The van der Waals surface area contributed by atoms with Gasteiger partial charge in [-0.15, -0.1) is 0 Å². The van der Waals surface area contributed by atoms with Crippen LogP contribution < -0.4 is 0 Å². The van der Waals surface area contributed by atoms with Gasteiger partial charge in [0.05, 0.1) is 5.56 Å². The fourth-order valence-corrected chi connectivity index (χ4v) is 8.24. The van der Waals surface area contributed by atoms with Gasteiger partial charge in [-0.3, -0.25) is 4.79 Å². The highest BCUT2D eigenvalue weighted by molar-refractivity contribution is 5.91. The van der Waals surface area contributed by atoms with E-state index in [-0.39, 0.29) is 0 Å². The number of ketones is 1. The highest BCUT2D eigenvalue weighted by atomic mass is 16.4. The Morgan fingerprint density at radius 2 is 1.76 bits per heavy atom. The minimum Gasteiger partial charge on any atom is -0.478 e. The molecule has 1 aromatic rings. The van der Waals surface area contributed by atoms with Gasteiger partial charge in [0.15, 0.2) is 5.78 Å². The fourth-order valence-electron chi connectivity index (χ4n) is 8.24. The second-order valence-electron chi connectivity index (χ2n) is 11.5. The number of carbonyl (C=O) groups is 2. The van der Waals surface area contributed by atoms with E-state index in [1.807, 2.05) is 6.08 Å². The average molecular weight is 453 g/mol. The van der Waals surface area contributed by atoms with Crippen molar-refractivity contribution in [3.05, 3.63) is 47.5 Å². The van der Waals surface area contributed by atoms with Crippen molar-refractivity contribution in [1.82, 2.24) is 0 Å². The van der Waals surface area contributed by atoms with Gasteiger partial charge in [-0.1, -0.05) is 44.5 Å². The number of aliphatic hydroxyl groups is 1. The van der Waals surface area contributed by atoms with Crippen LogP contribution in [-0.2, 0) is 4.79 Å². The van der Waals surface area contributed by atoms with Crippen LogP contribution in [0.3, 0.4) is 0 Å². The molecular formula is C29H40O4. The third-order valence-corrected chi connectivity index (χ3v) is 10.0. The summed E-state index contributed by atoms with van der Waals surface area (Å²) in [6.07, 6.45) is 11.6. The van der Waals surface area contributed by atoms with E-state index in [9.17, 15) is 14.7 Å². The van der Waals surface area contributed by atoms with Crippen LogP contribution >= 0.6 is 0 Å². The van der Waals surface area contributed by atoms with Gasteiger partial charge in [-0.2, -0.15) is 0 Å². The first-order valence-electron chi connectivity index (χ1n) is 12.8. The minimum absolute atomic E-state index is 0.291. The SMILES string of the molecule is CC(CO)[C@H]1CC[C@H]2[C@@H]3CCC4=CC(=O)CC[C@]4(C)[C@H]3CC[C@]12C.O=C(O)c1ccccc1. The second kappa shape index (κ2) is 9.37. The number of rotatable bonds is 3. The molecule has 0 heterocycles. The summed E-state index contributed by atoms with van der Waals surface area (Å²) < 4.78 is 0. The van der Waals surface area contributed by atoms with Crippen molar-refractivity contribution >= 4 is 11.8 Å². The van der Waals surface area contributed by atoms with Crippen molar-refractivity contribution in [3.63, 3.8) is 0 Å². The average Bonchev–Trinajstić information content (AvgIpc) is 3.17. The van der Waals surface area contributed by atoms with E-state index in [2.05, 4.69) is 20.8 Å². The second-order valence-corrected chi connectivity index (χ2v) is 11.5. The van der Waals surface area contributed by atoms with E-state index in [0.717, 1.165) is 37.0 Å². The molecule has 4 aliphatic rings. The van der Waals surface area contributed by atoms with E-state index >= 15 is 0 Å². The number of carboxylic acid groups (broad SMARTS) is 1. The lowest BCUT2D eigenvalue weighted by Crippen LogP contribution is -2.51. The first-order valence-corrected chi connectivity index (χ1v) is 12.8. The van der Waals surface area contributed by atoms with Crippen LogP contribution in [0.15, 0.2) is 42.0 Å². The number of aliphatic hydroxyl groups excluding tert-OH is 1. The first-order chi connectivity index (χ1) is 15.7. The Morgan fingerprint density at radius 3 is 2.39 bits per heavy atom. The van der Waals surface area contributed by atoms with Gasteiger partial charge in [-0.25, -0.2) is 4.79 Å². The molecule has 4 aliphatic carbocycles. The van der Waals surface area contributed by atoms with Gasteiger partial charge in [0.1, 0.15) is 0 Å². The molecule has 1 unspecified atom stereocenters. The Kier molecular flexibility index (Phi) is 6.87. The largest absolute Gasteiger partial charge is 0.478 e. The number of fused-ring (bicyclic) bond motifs is 5. The Morgan fingerprint density at radius 1 is 1.03 bits per heavy atom. The zero-order valence-electron chi connectivity index (χ0n) is 20.4. The molecule has 0 radical (unpaired) electrons. The van der Waals surface area contributed by atoms with E-state index in [0.29, 0.717) is 40.6 Å². The fraction of sp³-hybridized carbons (Fsp3) is 0.655. The molecule has 180 valence electrons. The van der Waals surface area contributed by atoms with Gasteiger partial charge < -0.3 is 10.2 Å². The summed E-state index contributed by atoms with van der Waals surface area (Å²) in [5.74, 6) is 3.09. The topological polar surface area (TPSA) is 74.6 Å². The highest BCUT2D eigenvalue weighted by Crippen LogP contribution is 2.67. The maximum atomic E-state index is 11.9. The van der Waals surface area contributed by atoms with Crippen LogP contribution in [0, 0.1) is 40.4 Å². The Labute approximate surface area is 198 Å². The van der Waals surface area contributed by atoms with E-state index in [1.54, 1.807) is 30.3 Å². The molecule has 0 aliphatic heterocycles. The summed E-state index contributed by atoms with van der Waals surface area (Å²) in [7, 11) is 0. The molecule has 0 saturated heterocycles. The molecule has 0 aromatic heterocycles. The summed E-state index contributed by atoms with van der Waals surface area (Å²) in [5, 5.41) is 18.1. The maximum absolute atomic E-state index is 11.9. The lowest BCUT2D eigenvalue weighted by Gasteiger charge is -2.58. The minimum atomic E-state index is -0.879. The molecule has 1 aromatic carbocycles. The molecule has 0 spiro atoms. The lowest BCUT2D eigenvalue weighted by molar-refractivity contribution is -0.117. The molecule has 3 fully saturated rings. The first kappa shape index (κ1) is 24.2. The third-order valence-electron chi connectivity index (χ3n) is 10.0. The van der Waals surface area contributed by atoms with Crippen LogP contribution in [-0.4, -0.2) is 28.6 Å². The van der Waals surface area contributed by atoms with Crippen molar-refractivity contribution in [2.24, 2.45) is 40.4 Å². The van der Waals surface area contributed by atoms with Crippen LogP contribution in [0.1, 0.15) is 82.5 Å². The molecule has 33 heavy (non-hydrogen) atoms. The van der Waals surface area contributed by atoms with Crippen molar-refractivity contribution in [2.75, 3.05) is 6.61 Å². The Bertz CT molecular complexity index is 905. The molecule has 4 nitrogen and oxygen atoms in total. The predicted octanol–water partition coefficient (Wildman–Crippen LogP) is 6.15. The van der Waals surface area contributed by atoms with E-state index in [4.69, 9.17) is 5.11 Å². The number of allylic oxidation sites excluding steroid dienone is 1. The zero-order valence-corrected chi connectivity index (χ0v) is 20.4. The summed E-state index contributed by atoms with van der Waals surface area (Å²) >= 11 is 0. The molecule has 5 rings (SSSR count). The lowest BCUT2D eigenvalue weighted by atomic mass is 9.46. The monoisotopic (exact) mass is 452 g/mol. The number of aromatic carboxylic acids is 1. The summed E-state index contributed by atoms with van der Waals surface area (Å²) in [6.45, 7) is 7.59. The van der Waals surface area contributed by atoms with E-state index < -0.39 is 5.97 Å². The van der Waals surface area contributed by atoms with Gasteiger partial charge in [-0.05, 0) is 104 Å². The number of benzene rings is 1. The normalized spacial score (nSPS) is 38.1. The number of hydrogen-bond donors (Lipinski definition) is 2. The molecular weight excluding hydrogens is 412 g/mol. The quantitative estimate of drug-likeness (QED) is 0.577. The molecule has 2 N–H and O–H groups in total. The molecule has 7 atom stereocenters. The standard InChI is InChI=1S/C22H34O2.C7H6O2/c1-14(13-23)18-6-7-19-17-5-4-15-12-16(24)8-10-21(15,2)20(17)9-11-22(18,19)3;8-7(9)6-4-2-1-3-5-6/h12,14,17-20,23H,4-11,13H2,1-3H3;1-5H,(H,8,9)/t14?,17-,18+,19-,20-,21-,22+;/m0./s1. The molecule has 0 amide bonds. The van der Waals surface area contributed by atoms with Crippen LogP contribution in [0.4, 0.5) is 0 Å². The summed E-state index contributed by atoms with van der Waals surface area (Å²) in [6, 6.07) is 8.30. The third kappa shape index (κ3) is 4.32. The molecule has 3 saturated carbocycles. The van der Waals surface area contributed by atoms with Gasteiger partial charge in [0.2, 0.25) is 0 Å². The van der Waals surface area contributed by atoms with Gasteiger partial charge in [0, 0.05) is 13.0 Å². The van der Waals surface area contributed by atoms with Gasteiger partial charge in [0.25, 0.3) is 0 Å². The number of carbonyl (C=O) groups excluding carboxylic acids is 1. The van der Waals surface area contributed by atoms with E-state index in [1.165, 1.54) is 37.7 Å². The highest BCUT2D eigenvalue weighted by Gasteiger charge is 2.59. The summed E-state index contributed by atoms with van der Waals surface area (Å²) in [4.78, 5) is 22.1. The van der Waals surface area contributed by atoms with Crippen LogP contribution in [0.2, 0.25) is 0 Å². The van der Waals surface area contributed by atoms with Crippen LogP contribution in [0.5, 0.6) is 0 Å². The molecule has 0 bridgehead atoms. The van der Waals surface area contributed by atoms with Crippen molar-refractivity contribution in [2.45, 2.75) is 72.1 Å². The smallest absolute Gasteiger partial charge is 0.335 e. The van der Waals surface area contributed by atoms with Crippen LogP contribution in [0.25, 0.3) is 0 Å².